The third-order valence-corrected chi connectivity index (χ3v) is 3.72. The van der Waals surface area contributed by atoms with E-state index in [1.54, 1.807) is 0 Å². The normalized spacial score (nSPS) is 12.5. The van der Waals surface area contributed by atoms with E-state index in [0.717, 1.165) is 17.0 Å². The van der Waals surface area contributed by atoms with Crippen LogP contribution in [0.25, 0.3) is 0 Å². The van der Waals surface area contributed by atoms with E-state index in [1.807, 2.05) is 24.4 Å². The lowest BCUT2D eigenvalue weighted by Crippen LogP contribution is -2.30. The van der Waals surface area contributed by atoms with Crippen LogP contribution >= 0.6 is 11.3 Å². The number of rotatable bonds is 4. The fourth-order valence-corrected chi connectivity index (χ4v) is 2.45. The number of hydrogen-bond acceptors (Lipinski definition) is 3. The summed E-state index contributed by atoms with van der Waals surface area (Å²) in [7, 11) is 0. The number of hydrogen-bond donors (Lipinski definition) is 2. The molecule has 22 heavy (non-hydrogen) atoms. The zero-order valence-corrected chi connectivity index (χ0v) is 12.3. The number of carbonyl (C=O) groups excluding carboxylic acids is 1. The molecule has 8 heteroatoms. The minimum absolute atomic E-state index is 0.159. The van der Waals surface area contributed by atoms with Gasteiger partial charge >= 0.3 is 12.4 Å². The van der Waals surface area contributed by atoms with Gasteiger partial charge in [0, 0.05) is 10.6 Å². The summed E-state index contributed by atoms with van der Waals surface area (Å²) in [5.74, 6) is -0.342. The summed E-state index contributed by atoms with van der Waals surface area (Å²) in [5.41, 5.74) is 0.366. The van der Waals surface area contributed by atoms with Gasteiger partial charge in [-0.2, -0.15) is 0 Å². The molecule has 1 heterocycles. The van der Waals surface area contributed by atoms with Crippen LogP contribution < -0.4 is 15.4 Å². The van der Waals surface area contributed by atoms with Crippen molar-refractivity contribution in [2.24, 2.45) is 0 Å². The molecule has 1 aromatic heterocycles. The van der Waals surface area contributed by atoms with Crippen LogP contribution in [0.1, 0.15) is 17.8 Å². The minimum Gasteiger partial charge on any atom is -0.406 e. The molecule has 0 bridgehead atoms. The number of carbonyl (C=O) groups is 1. The summed E-state index contributed by atoms with van der Waals surface area (Å²) < 4.78 is 39.8. The summed E-state index contributed by atoms with van der Waals surface area (Å²) in [6.45, 7) is 1.84. The molecule has 0 aliphatic heterocycles. The summed E-state index contributed by atoms with van der Waals surface area (Å²) in [6, 6.07) is 8.11. The van der Waals surface area contributed by atoms with Crippen LogP contribution in [-0.2, 0) is 0 Å². The van der Waals surface area contributed by atoms with Crippen LogP contribution in [-0.4, -0.2) is 12.4 Å². The Balaban J connectivity index is 1.89. The van der Waals surface area contributed by atoms with E-state index in [9.17, 15) is 18.0 Å². The van der Waals surface area contributed by atoms with Crippen LogP contribution in [0.5, 0.6) is 5.75 Å². The smallest absolute Gasteiger partial charge is 0.406 e. The van der Waals surface area contributed by atoms with Gasteiger partial charge in [-0.3, -0.25) is 0 Å². The van der Waals surface area contributed by atoms with Gasteiger partial charge in [-0.15, -0.1) is 24.5 Å². The number of halogens is 3. The summed E-state index contributed by atoms with van der Waals surface area (Å²) in [5, 5.41) is 7.18. The quantitative estimate of drug-likeness (QED) is 0.865. The molecule has 0 aliphatic rings. The number of amides is 2. The molecule has 2 aromatic rings. The first kappa shape index (κ1) is 16.2. The first-order valence-corrected chi connectivity index (χ1v) is 7.18. The summed E-state index contributed by atoms with van der Waals surface area (Å²) in [4.78, 5) is 12.8. The molecule has 1 atom stereocenters. The van der Waals surface area contributed by atoms with Gasteiger partial charge in [-0.25, -0.2) is 4.79 Å². The third kappa shape index (κ3) is 4.96. The molecular weight excluding hydrogens is 317 g/mol. The molecule has 0 fully saturated rings. The number of benzene rings is 1. The molecule has 118 valence electrons. The highest BCUT2D eigenvalue weighted by Gasteiger charge is 2.30. The lowest BCUT2D eigenvalue weighted by molar-refractivity contribution is -0.274. The van der Waals surface area contributed by atoms with Gasteiger partial charge in [0.25, 0.3) is 0 Å². The van der Waals surface area contributed by atoms with Crippen LogP contribution in [0.15, 0.2) is 41.8 Å². The van der Waals surface area contributed by atoms with E-state index in [-0.39, 0.29) is 11.8 Å². The number of urea groups is 1. The number of anilines is 1. The van der Waals surface area contributed by atoms with E-state index < -0.39 is 12.4 Å². The Morgan fingerprint density at radius 2 is 1.91 bits per heavy atom. The number of thiophene rings is 1. The molecule has 0 spiro atoms. The number of nitrogens with one attached hydrogen (secondary N) is 2. The highest BCUT2D eigenvalue weighted by atomic mass is 32.1. The predicted octanol–water partition coefficient (Wildman–Crippen LogP) is 4.53. The van der Waals surface area contributed by atoms with Gasteiger partial charge in [-0.05, 0) is 42.6 Å². The Morgan fingerprint density at radius 1 is 1.23 bits per heavy atom. The molecule has 2 N–H and O–H groups in total. The van der Waals surface area contributed by atoms with Crippen LogP contribution in [0.2, 0.25) is 0 Å². The largest absolute Gasteiger partial charge is 0.573 e. The Morgan fingerprint density at radius 3 is 2.45 bits per heavy atom. The van der Waals surface area contributed by atoms with E-state index in [0.29, 0.717) is 5.69 Å². The Bertz CT molecular complexity index is 612. The van der Waals surface area contributed by atoms with Gasteiger partial charge in [0.15, 0.2) is 0 Å². The van der Waals surface area contributed by atoms with E-state index in [1.165, 1.54) is 23.5 Å². The Labute approximate surface area is 128 Å². The zero-order valence-electron chi connectivity index (χ0n) is 11.5. The van der Waals surface area contributed by atoms with Crippen molar-refractivity contribution >= 4 is 23.1 Å². The molecule has 2 rings (SSSR count). The summed E-state index contributed by atoms with van der Waals surface area (Å²) >= 11 is 1.52. The van der Waals surface area contributed by atoms with Crippen LogP contribution in [0, 0.1) is 0 Å². The molecule has 2 amide bonds. The second-order valence-corrected chi connectivity index (χ2v) is 5.39. The summed E-state index contributed by atoms with van der Waals surface area (Å²) in [6.07, 6.45) is -4.73. The van der Waals surface area contributed by atoms with Crippen LogP contribution in [0.4, 0.5) is 23.7 Å². The average Bonchev–Trinajstić information content (AvgIpc) is 2.93. The standard InChI is InChI=1S/C14H13F3N2O2S/c1-9(12-3-2-8-22-12)18-13(20)19-10-4-6-11(7-5-10)21-14(15,16)17/h2-9H,1H3,(H2,18,19,20)/t9-/m1/s1. The second-order valence-electron chi connectivity index (χ2n) is 4.41. The van der Waals surface area contributed by atoms with Crippen molar-refractivity contribution in [1.29, 1.82) is 0 Å². The minimum atomic E-state index is -4.73. The SMILES string of the molecule is C[C@@H](NC(=O)Nc1ccc(OC(F)(F)F)cc1)c1cccs1. The van der Waals surface area contributed by atoms with Crippen molar-refractivity contribution in [3.8, 4) is 5.75 Å². The Kier molecular flexibility index (Phi) is 4.92. The van der Waals surface area contributed by atoms with Gasteiger partial charge < -0.3 is 15.4 Å². The molecule has 0 aliphatic carbocycles. The van der Waals surface area contributed by atoms with Crippen molar-refractivity contribution in [3.63, 3.8) is 0 Å². The first-order chi connectivity index (χ1) is 10.3. The maximum atomic E-state index is 12.0. The first-order valence-electron chi connectivity index (χ1n) is 6.30. The molecular formula is C14H13F3N2O2S. The molecule has 4 nitrogen and oxygen atoms in total. The van der Waals surface area contributed by atoms with Crippen LogP contribution in [0.3, 0.4) is 0 Å². The van der Waals surface area contributed by atoms with Gasteiger partial charge in [0.1, 0.15) is 5.75 Å². The highest BCUT2D eigenvalue weighted by molar-refractivity contribution is 7.10. The topological polar surface area (TPSA) is 50.4 Å². The fraction of sp³-hybridized carbons (Fsp3) is 0.214. The number of ether oxygens (including phenoxy) is 1. The van der Waals surface area contributed by atoms with Gasteiger partial charge in [0.2, 0.25) is 0 Å². The lowest BCUT2D eigenvalue weighted by atomic mass is 10.3. The number of alkyl halides is 3. The average molecular weight is 330 g/mol. The van der Waals surface area contributed by atoms with E-state index in [2.05, 4.69) is 15.4 Å². The fourth-order valence-electron chi connectivity index (χ4n) is 1.71. The predicted molar refractivity (Wildman–Crippen MR) is 78.0 cm³/mol. The maximum Gasteiger partial charge on any atom is 0.573 e. The van der Waals surface area contributed by atoms with Crippen molar-refractivity contribution < 1.29 is 22.7 Å². The van der Waals surface area contributed by atoms with Crippen molar-refractivity contribution in [2.75, 3.05) is 5.32 Å². The second kappa shape index (κ2) is 6.69. The molecule has 1 aromatic carbocycles. The maximum absolute atomic E-state index is 12.0. The van der Waals surface area contributed by atoms with E-state index in [4.69, 9.17) is 0 Å². The Hall–Kier alpha value is -2.22. The van der Waals surface area contributed by atoms with Crippen molar-refractivity contribution in [2.45, 2.75) is 19.3 Å². The van der Waals surface area contributed by atoms with Gasteiger partial charge in [-0.1, -0.05) is 6.07 Å². The lowest BCUT2D eigenvalue weighted by Gasteiger charge is -2.14. The highest BCUT2D eigenvalue weighted by Crippen LogP contribution is 2.24. The molecule has 0 saturated carbocycles. The monoisotopic (exact) mass is 330 g/mol. The molecule has 0 radical (unpaired) electrons. The third-order valence-electron chi connectivity index (χ3n) is 2.66. The van der Waals surface area contributed by atoms with Gasteiger partial charge in [0.05, 0.1) is 6.04 Å². The van der Waals surface area contributed by atoms with Crippen molar-refractivity contribution in [3.05, 3.63) is 46.7 Å². The van der Waals surface area contributed by atoms with Crippen molar-refractivity contribution in [1.82, 2.24) is 5.32 Å². The molecule has 0 unspecified atom stereocenters. The molecule has 0 saturated heterocycles. The zero-order chi connectivity index (χ0) is 16.2. The van der Waals surface area contributed by atoms with E-state index >= 15 is 0 Å².